The Morgan fingerprint density at radius 2 is 2.00 bits per heavy atom. The maximum atomic E-state index is 12.1. The number of carbonyl (C=O) groups is 1. The molecule has 3 rings (SSSR count). The fraction of sp³-hybridized carbons (Fsp3) is 0. The van der Waals surface area contributed by atoms with Gasteiger partial charge in [-0.15, -0.1) is 0 Å². The Labute approximate surface area is 156 Å². The Morgan fingerprint density at radius 3 is 2.76 bits per heavy atom. The molecule has 0 bridgehead atoms. The average molecular weight is 394 g/mol. The van der Waals surface area contributed by atoms with Gasteiger partial charge in [0, 0.05) is 17.2 Å². The minimum Gasteiger partial charge on any atom is -0.300 e. The van der Waals surface area contributed by atoms with Crippen LogP contribution in [0.2, 0.25) is 10.0 Å². The van der Waals surface area contributed by atoms with Crippen molar-refractivity contribution in [2.45, 2.75) is 0 Å². The van der Waals surface area contributed by atoms with Gasteiger partial charge in [-0.1, -0.05) is 35.3 Å². The van der Waals surface area contributed by atoms with Crippen LogP contribution in [0.15, 0.2) is 52.4 Å². The van der Waals surface area contributed by atoms with Crippen molar-refractivity contribution < 1.29 is 9.72 Å². The first-order chi connectivity index (χ1) is 11.9. The highest BCUT2D eigenvalue weighted by atomic mass is 35.5. The third-order valence-corrected chi connectivity index (χ3v) is 4.62. The minimum atomic E-state index is -0.488. The maximum absolute atomic E-state index is 12.1. The summed E-state index contributed by atoms with van der Waals surface area (Å²) in [4.78, 5) is 27.1. The topological polar surface area (TPSA) is 84.6 Å². The van der Waals surface area contributed by atoms with E-state index in [9.17, 15) is 14.9 Å². The second-order valence-electron chi connectivity index (χ2n) is 4.93. The molecule has 126 valence electrons. The number of carbonyl (C=O) groups excluding carboxylic acids is 1. The largest absolute Gasteiger partial charge is 0.300 e. The molecular formula is C16H9Cl2N3O3S. The Bertz CT molecular complexity index is 944. The molecule has 0 unspecified atom stereocenters. The fourth-order valence-corrected chi connectivity index (χ4v) is 3.20. The number of nitro groups is 1. The average Bonchev–Trinajstić information content (AvgIpc) is 2.90. The number of thioether (sulfide) groups is 1. The summed E-state index contributed by atoms with van der Waals surface area (Å²) in [7, 11) is 0. The van der Waals surface area contributed by atoms with Crippen LogP contribution < -0.4 is 5.32 Å². The van der Waals surface area contributed by atoms with Crippen LogP contribution in [0.4, 0.5) is 11.4 Å². The number of aliphatic imine (C=N–C) groups is 1. The molecule has 1 N–H and O–H groups in total. The van der Waals surface area contributed by atoms with Gasteiger partial charge in [-0.25, -0.2) is 4.99 Å². The number of nitrogens with one attached hydrogen (secondary N) is 1. The number of amidine groups is 1. The molecule has 1 fully saturated rings. The smallest absolute Gasteiger partial charge is 0.270 e. The number of benzene rings is 2. The van der Waals surface area contributed by atoms with Crippen molar-refractivity contribution in [2.24, 2.45) is 4.99 Å². The van der Waals surface area contributed by atoms with E-state index in [1.807, 2.05) is 0 Å². The van der Waals surface area contributed by atoms with Crippen molar-refractivity contribution in [2.75, 3.05) is 0 Å². The highest BCUT2D eigenvalue weighted by Gasteiger charge is 2.24. The van der Waals surface area contributed by atoms with Crippen molar-refractivity contribution in [1.29, 1.82) is 0 Å². The molecule has 25 heavy (non-hydrogen) atoms. The summed E-state index contributed by atoms with van der Waals surface area (Å²) in [5, 5.41) is 14.7. The molecule has 1 amide bonds. The monoisotopic (exact) mass is 393 g/mol. The molecule has 6 nitrogen and oxygen atoms in total. The van der Waals surface area contributed by atoms with Crippen molar-refractivity contribution in [3.63, 3.8) is 0 Å². The number of halogens is 2. The van der Waals surface area contributed by atoms with Crippen LogP contribution >= 0.6 is 35.0 Å². The zero-order chi connectivity index (χ0) is 18.0. The van der Waals surface area contributed by atoms with Gasteiger partial charge in [-0.3, -0.25) is 14.9 Å². The van der Waals surface area contributed by atoms with Gasteiger partial charge in [-0.2, -0.15) is 0 Å². The van der Waals surface area contributed by atoms with Gasteiger partial charge in [-0.05, 0) is 41.6 Å². The van der Waals surface area contributed by atoms with Crippen molar-refractivity contribution >= 4 is 63.5 Å². The van der Waals surface area contributed by atoms with E-state index in [1.165, 1.54) is 12.1 Å². The summed E-state index contributed by atoms with van der Waals surface area (Å²) < 4.78 is 0. The molecule has 1 heterocycles. The normalized spacial score (nSPS) is 17.1. The van der Waals surface area contributed by atoms with Crippen molar-refractivity contribution in [1.82, 2.24) is 5.32 Å². The van der Waals surface area contributed by atoms with Gasteiger partial charge >= 0.3 is 0 Å². The Hall–Kier alpha value is -2.35. The summed E-state index contributed by atoms with van der Waals surface area (Å²) in [5.74, 6) is -0.339. The number of hydrogen-bond donors (Lipinski definition) is 1. The van der Waals surface area contributed by atoms with Gasteiger partial charge in [0.05, 0.1) is 20.5 Å². The molecule has 0 radical (unpaired) electrons. The molecular weight excluding hydrogens is 385 g/mol. The van der Waals surface area contributed by atoms with Crippen molar-refractivity contribution in [3.8, 4) is 0 Å². The molecule has 9 heteroatoms. The first-order valence-corrected chi connectivity index (χ1v) is 8.49. The van der Waals surface area contributed by atoms with Gasteiger partial charge in [0.1, 0.15) is 0 Å². The first-order valence-electron chi connectivity index (χ1n) is 6.91. The van der Waals surface area contributed by atoms with E-state index >= 15 is 0 Å². The third kappa shape index (κ3) is 4.19. The van der Waals surface area contributed by atoms with Crippen LogP contribution in [0.5, 0.6) is 0 Å². The molecule has 0 spiro atoms. The molecule has 0 aromatic heterocycles. The van der Waals surface area contributed by atoms with E-state index in [-0.39, 0.29) is 11.6 Å². The van der Waals surface area contributed by atoms with Crippen LogP contribution in [0.1, 0.15) is 5.56 Å². The Balaban J connectivity index is 1.87. The molecule has 2 aromatic carbocycles. The van der Waals surface area contributed by atoms with Crippen LogP contribution in [-0.4, -0.2) is 16.0 Å². The minimum absolute atomic E-state index is 0.0441. The first kappa shape index (κ1) is 17.5. The standard InChI is InChI=1S/C16H9Cl2N3O3S/c17-10-4-5-12(18)13(8-10)19-16-20-15(22)14(25-16)7-9-2-1-3-11(6-9)21(23)24/h1-8H,(H,19,20,22)/b14-7+. The third-order valence-electron chi connectivity index (χ3n) is 3.16. The molecule has 1 aliphatic heterocycles. The second-order valence-corrected chi connectivity index (χ2v) is 6.80. The Kier molecular flexibility index (Phi) is 5.08. The van der Waals surface area contributed by atoms with E-state index in [4.69, 9.17) is 23.2 Å². The number of amides is 1. The lowest BCUT2D eigenvalue weighted by molar-refractivity contribution is -0.384. The lowest BCUT2D eigenvalue weighted by Crippen LogP contribution is -2.19. The van der Waals surface area contributed by atoms with Crippen LogP contribution in [0.25, 0.3) is 6.08 Å². The fourth-order valence-electron chi connectivity index (χ4n) is 2.04. The summed E-state index contributed by atoms with van der Waals surface area (Å²) in [5.41, 5.74) is 0.944. The molecule has 0 saturated carbocycles. The lowest BCUT2D eigenvalue weighted by atomic mass is 10.2. The predicted octanol–water partition coefficient (Wildman–Crippen LogP) is 4.79. The van der Waals surface area contributed by atoms with Crippen LogP contribution in [0, 0.1) is 10.1 Å². The highest BCUT2D eigenvalue weighted by Crippen LogP contribution is 2.32. The zero-order valence-corrected chi connectivity index (χ0v) is 14.7. The van der Waals surface area contributed by atoms with E-state index < -0.39 is 4.92 Å². The number of rotatable bonds is 3. The van der Waals surface area contributed by atoms with Gasteiger partial charge in [0.15, 0.2) is 5.17 Å². The van der Waals surface area contributed by atoms with E-state index in [2.05, 4.69) is 10.3 Å². The van der Waals surface area contributed by atoms with Crippen LogP contribution in [-0.2, 0) is 4.79 Å². The summed E-state index contributed by atoms with van der Waals surface area (Å²) in [6.07, 6.45) is 1.56. The van der Waals surface area contributed by atoms with Gasteiger partial charge in [0.25, 0.3) is 11.6 Å². The number of nitro benzene ring substituents is 1. The van der Waals surface area contributed by atoms with E-state index in [1.54, 1.807) is 36.4 Å². The number of nitrogens with zero attached hydrogens (tertiary/aromatic N) is 2. The summed E-state index contributed by atoms with van der Waals surface area (Å²) in [6.45, 7) is 0. The van der Waals surface area contributed by atoms with E-state index in [0.717, 1.165) is 11.8 Å². The van der Waals surface area contributed by atoms with Crippen LogP contribution in [0.3, 0.4) is 0 Å². The lowest BCUT2D eigenvalue weighted by Gasteiger charge is -2.00. The molecule has 2 aromatic rings. The molecule has 0 atom stereocenters. The Morgan fingerprint density at radius 1 is 1.20 bits per heavy atom. The zero-order valence-electron chi connectivity index (χ0n) is 12.4. The van der Waals surface area contributed by atoms with Gasteiger partial charge < -0.3 is 5.32 Å². The quantitative estimate of drug-likeness (QED) is 0.461. The summed E-state index contributed by atoms with van der Waals surface area (Å²) >= 11 is 13.1. The molecule has 1 aliphatic rings. The van der Waals surface area contributed by atoms with E-state index in [0.29, 0.717) is 31.4 Å². The number of non-ortho nitro benzene ring substituents is 1. The number of hydrogen-bond acceptors (Lipinski definition) is 5. The highest BCUT2D eigenvalue weighted by molar-refractivity contribution is 8.18. The molecule has 1 saturated heterocycles. The predicted molar refractivity (Wildman–Crippen MR) is 100 cm³/mol. The SMILES string of the molecule is O=C1NC(=Nc2cc(Cl)ccc2Cl)S/C1=C/c1cccc([N+](=O)[O-])c1. The van der Waals surface area contributed by atoms with Gasteiger partial charge in [0.2, 0.25) is 0 Å². The summed E-state index contributed by atoms with van der Waals surface area (Å²) in [6, 6.07) is 10.9. The second kappa shape index (κ2) is 7.26. The molecule has 0 aliphatic carbocycles. The maximum Gasteiger partial charge on any atom is 0.270 e. The van der Waals surface area contributed by atoms with Crippen molar-refractivity contribution in [3.05, 3.63) is 73.1 Å².